The predicted molar refractivity (Wildman–Crippen MR) is 150 cm³/mol. The van der Waals surface area contributed by atoms with Crippen molar-refractivity contribution in [2.75, 3.05) is 7.11 Å². The number of carbonyl (C=O) groups excluding carboxylic acids is 1. The Morgan fingerprint density at radius 2 is 1.60 bits per heavy atom. The second kappa shape index (κ2) is 13.0. The van der Waals surface area contributed by atoms with Gasteiger partial charge in [0.1, 0.15) is 23.1 Å². The van der Waals surface area contributed by atoms with E-state index < -0.39 is 59.0 Å². The molecule has 0 aliphatic rings. The molecule has 238 valence electrons. The van der Waals surface area contributed by atoms with E-state index in [9.17, 15) is 35.5 Å². The van der Waals surface area contributed by atoms with Crippen LogP contribution in [0.4, 0.5) is 35.1 Å². The Kier molecular flexibility index (Phi) is 9.77. The van der Waals surface area contributed by atoms with Gasteiger partial charge in [0, 0.05) is 36.6 Å². The lowest BCUT2D eigenvalue weighted by atomic mass is 9.68. The molecule has 3 aromatic carbocycles. The highest BCUT2D eigenvalue weighted by atomic mass is 35.5. The van der Waals surface area contributed by atoms with Crippen LogP contribution in [0.15, 0.2) is 79.0 Å². The van der Waals surface area contributed by atoms with Gasteiger partial charge in [-0.1, -0.05) is 23.7 Å². The minimum atomic E-state index is -4.99. The third-order valence-corrected chi connectivity index (χ3v) is 7.26. The number of halogens is 9. The number of methoxy groups -OCH3 is 1. The van der Waals surface area contributed by atoms with E-state index in [1.165, 1.54) is 25.4 Å². The number of ketones is 1. The van der Waals surface area contributed by atoms with E-state index in [0.717, 1.165) is 18.2 Å². The first-order valence-electron chi connectivity index (χ1n) is 13.2. The lowest BCUT2D eigenvalue weighted by molar-refractivity contribution is -0.253. The fourth-order valence-corrected chi connectivity index (χ4v) is 4.97. The molecule has 0 radical (unpaired) electrons. The van der Waals surface area contributed by atoms with Crippen molar-refractivity contribution in [1.82, 2.24) is 4.98 Å². The first kappa shape index (κ1) is 33.7. The van der Waals surface area contributed by atoms with Gasteiger partial charge in [0.05, 0.1) is 23.4 Å². The molecule has 1 aromatic heterocycles. The van der Waals surface area contributed by atoms with Crippen molar-refractivity contribution < 1.29 is 49.4 Å². The normalized spacial score (nSPS) is 13.4. The van der Waals surface area contributed by atoms with Crippen LogP contribution in [-0.2, 0) is 17.8 Å². The van der Waals surface area contributed by atoms with Gasteiger partial charge >= 0.3 is 12.5 Å². The Balaban J connectivity index is 1.96. The maximum atomic E-state index is 15.1. The van der Waals surface area contributed by atoms with Crippen molar-refractivity contribution in [1.29, 1.82) is 0 Å². The second-order valence-electron chi connectivity index (χ2n) is 10.3. The van der Waals surface area contributed by atoms with Crippen LogP contribution in [0.5, 0.6) is 11.5 Å². The average Bonchev–Trinajstić information content (AvgIpc) is 2.96. The van der Waals surface area contributed by atoms with Gasteiger partial charge in [0.15, 0.2) is 5.78 Å². The molecule has 13 heteroatoms. The molecular formula is C32H24ClF8NO3. The molecule has 0 fully saturated rings. The second-order valence-corrected chi connectivity index (χ2v) is 10.7. The lowest BCUT2D eigenvalue weighted by Crippen LogP contribution is -2.36. The van der Waals surface area contributed by atoms with Gasteiger partial charge in [0.2, 0.25) is 0 Å². The Hall–Kier alpha value is -4.19. The number of rotatable bonds is 12. The number of ether oxygens (including phenoxy) is 2. The number of pyridine rings is 1. The van der Waals surface area contributed by atoms with E-state index in [2.05, 4.69) is 9.72 Å². The smallest absolute Gasteiger partial charge is 0.461 e. The molecule has 0 aliphatic carbocycles. The van der Waals surface area contributed by atoms with Crippen LogP contribution in [-0.4, -0.2) is 30.4 Å². The van der Waals surface area contributed by atoms with Crippen LogP contribution in [0.2, 0.25) is 5.02 Å². The van der Waals surface area contributed by atoms with Crippen molar-refractivity contribution in [2.24, 2.45) is 0 Å². The van der Waals surface area contributed by atoms with E-state index in [1.807, 2.05) is 0 Å². The third kappa shape index (κ3) is 7.73. The van der Waals surface area contributed by atoms with Crippen LogP contribution in [0, 0.1) is 11.6 Å². The predicted octanol–water partition coefficient (Wildman–Crippen LogP) is 9.17. The van der Waals surface area contributed by atoms with Crippen LogP contribution in [0.25, 0.3) is 0 Å². The number of hydrogen-bond donors (Lipinski definition) is 0. The van der Waals surface area contributed by atoms with Gasteiger partial charge < -0.3 is 9.47 Å². The summed E-state index contributed by atoms with van der Waals surface area (Å²) < 4.78 is 121. The maximum absolute atomic E-state index is 15.1. The summed E-state index contributed by atoms with van der Waals surface area (Å²) in [6.07, 6.45) is -8.89. The summed E-state index contributed by atoms with van der Waals surface area (Å²) in [5.74, 6) is -7.44. The van der Waals surface area contributed by atoms with Crippen molar-refractivity contribution in [3.8, 4) is 11.5 Å². The molecule has 4 nitrogen and oxygen atoms in total. The summed E-state index contributed by atoms with van der Waals surface area (Å²) in [7, 11) is 1.43. The monoisotopic (exact) mass is 657 g/mol. The number of Topliss-reactive ketones (excluding diaryl/α,β-unsaturated/α-hetero) is 1. The molecule has 4 rings (SSSR count). The third-order valence-electron chi connectivity index (χ3n) is 7.04. The molecule has 0 bridgehead atoms. The molecule has 1 heterocycles. The summed E-state index contributed by atoms with van der Waals surface area (Å²) in [6, 6.07) is 13.7. The number of hydrogen-bond acceptors (Lipinski definition) is 4. The van der Waals surface area contributed by atoms with E-state index in [4.69, 9.17) is 16.3 Å². The van der Waals surface area contributed by atoms with Gasteiger partial charge in [-0.15, -0.1) is 0 Å². The summed E-state index contributed by atoms with van der Waals surface area (Å²) in [5, 5.41) is 0.164. The van der Waals surface area contributed by atoms with Crippen molar-refractivity contribution in [2.45, 2.75) is 43.6 Å². The Morgan fingerprint density at radius 3 is 2.18 bits per heavy atom. The number of aromatic nitrogens is 1. The fraction of sp³-hybridized carbons (Fsp3) is 0.250. The molecule has 45 heavy (non-hydrogen) atoms. The molecule has 0 amide bonds. The van der Waals surface area contributed by atoms with Crippen molar-refractivity contribution >= 4 is 17.4 Å². The largest absolute Gasteiger partial charge is 0.497 e. The van der Waals surface area contributed by atoms with Crippen molar-refractivity contribution in [3.63, 3.8) is 0 Å². The highest BCUT2D eigenvalue weighted by molar-refractivity contribution is 6.30. The SMILES string of the molecule is COc1ccc(C[C@](CC(=O)c2ccc(F)c(C(C)(F)F)c2)(c2cc(F)cc(OC(F)(F)C(F)F)c2)c2ccc(Cl)cn2)cc1. The number of benzene rings is 3. The van der Waals surface area contributed by atoms with Crippen LogP contribution in [0.1, 0.15) is 46.1 Å². The zero-order chi connectivity index (χ0) is 33.2. The van der Waals surface area contributed by atoms with Gasteiger partial charge in [-0.05, 0) is 72.1 Å². The highest BCUT2D eigenvalue weighted by Crippen LogP contribution is 2.43. The Morgan fingerprint density at radius 1 is 0.911 bits per heavy atom. The molecule has 0 N–H and O–H groups in total. The topological polar surface area (TPSA) is 48.4 Å². The fourth-order valence-electron chi connectivity index (χ4n) is 4.86. The molecule has 0 spiro atoms. The molecule has 4 aromatic rings. The standard InChI is InChI=1S/C32H24ClF8NO3/c1-30(38,39)25-11-19(5-9-26(25)35)27(43)16-31(28-10-6-21(33)17-42-28,15-18-3-7-23(44-2)8-4-18)20-12-22(34)14-24(13-20)45-32(40,41)29(36)37/h3-14,17,29H,15-16H2,1-2H3/t31-/m0/s1. The number of alkyl halides is 6. The minimum Gasteiger partial charge on any atom is -0.497 e. The van der Waals surface area contributed by atoms with E-state index >= 15 is 4.39 Å². The summed E-state index contributed by atoms with van der Waals surface area (Å²) in [5.41, 5.74) is -2.82. The summed E-state index contributed by atoms with van der Waals surface area (Å²) >= 11 is 6.05. The quantitative estimate of drug-likeness (QED) is 0.113. The molecule has 0 saturated heterocycles. The van der Waals surface area contributed by atoms with Gasteiger partial charge in [-0.3, -0.25) is 9.78 Å². The molecular weight excluding hydrogens is 634 g/mol. The average molecular weight is 658 g/mol. The Labute approximate surface area is 257 Å². The van der Waals surface area contributed by atoms with Crippen molar-refractivity contribution in [3.05, 3.63) is 124 Å². The van der Waals surface area contributed by atoms with Crippen LogP contribution < -0.4 is 9.47 Å². The van der Waals surface area contributed by atoms with Crippen LogP contribution >= 0.6 is 11.6 Å². The maximum Gasteiger partial charge on any atom is 0.461 e. The van der Waals surface area contributed by atoms with E-state index in [0.29, 0.717) is 36.4 Å². The first-order chi connectivity index (χ1) is 21.0. The zero-order valence-electron chi connectivity index (χ0n) is 23.6. The molecule has 0 saturated carbocycles. The zero-order valence-corrected chi connectivity index (χ0v) is 24.3. The summed E-state index contributed by atoms with van der Waals surface area (Å²) in [4.78, 5) is 18.2. The number of carbonyl (C=O) groups is 1. The van der Waals surface area contributed by atoms with Gasteiger partial charge in [0.25, 0.3) is 5.92 Å². The summed E-state index contributed by atoms with van der Waals surface area (Å²) in [6.45, 7) is 0.453. The van der Waals surface area contributed by atoms with Gasteiger partial charge in [-0.25, -0.2) is 17.6 Å². The number of nitrogens with zero attached hydrogens (tertiary/aromatic N) is 1. The minimum absolute atomic E-state index is 0.0522. The molecule has 0 aliphatic heterocycles. The molecule has 1 atom stereocenters. The molecule has 0 unspecified atom stereocenters. The van der Waals surface area contributed by atoms with Gasteiger partial charge in [-0.2, -0.15) is 17.6 Å². The van der Waals surface area contributed by atoms with E-state index in [-0.39, 0.29) is 28.3 Å². The van der Waals surface area contributed by atoms with Crippen LogP contribution in [0.3, 0.4) is 0 Å². The Bertz CT molecular complexity index is 1660. The highest BCUT2D eigenvalue weighted by Gasteiger charge is 2.45. The lowest BCUT2D eigenvalue weighted by Gasteiger charge is -2.34. The van der Waals surface area contributed by atoms with E-state index in [1.54, 1.807) is 24.3 Å². The first-order valence-corrected chi connectivity index (χ1v) is 13.5.